The average molecular weight is 453 g/mol. The third-order valence-electron chi connectivity index (χ3n) is 4.93. The summed E-state index contributed by atoms with van der Waals surface area (Å²) in [6.45, 7) is 0.484. The third kappa shape index (κ3) is 3.43. The molecular weight excluding hydrogens is 436 g/mol. The molecule has 156 valence electrons. The van der Waals surface area contributed by atoms with E-state index in [9.17, 15) is 9.59 Å². The number of hydrogen-bond acceptors (Lipinski definition) is 8. The maximum absolute atomic E-state index is 13.1. The molecule has 1 amide bonds. The van der Waals surface area contributed by atoms with Crippen molar-refractivity contribution in [2.45, 2.75) is 6.54 Å². The van der Waals surface area contributed by atoms with Gasteiger partial charge in [0.05, 0.1) is 17.0 Å². The van der Waals surface area contributed by atoms with Gasteiger partial charge in [0.25, 0.3) is 11.5 Å². The molecule has 2 aliphatic rings. The molecule has 5 rings (SSSR count). The first-order valence-corrected chi connectivity index (χ1v) is 10.6. The average Bonchev–Trinajstić information content (AvgIpc) is 3.35. The van der Waals surface area contributed by atoms with E-state index < -0.39 is 0 Å². The SMILES string of the molecule is CNc1nc2ccccn2c(=O)c1C=C1SC(=S)N(Cc2ccc3c(c2)OCO3)C1=O. The lowest BCUT2D eigenvalue weighted by molar-refractivity contribution is -0.122. The molecule has 31 heavy (non-hydrogen) atoms. The van der Waals surface area contributed by atoms with Gasteiger partial charge in [-0.1, -0.05) is 36.1 Å². The first kappa shape index (κ1) is 19.6. The van der Waals surface area contributed by atoms with Gasteiger partial charge in [-0.05, 0) is 35.9 Å². The molecule has 0 aliphatic carbocycles. The lowest BCUT2D eigenvalue weighted by Crippen LogP contribution is -2.27. The Bertz CT molecular complexity index is 1330. The number of nitrogens with one attached hydrogen (secondary N) is 1. The molecule has 1 fully saturated rings. The summed E-state index contributed by atoms with van der Waals surface area (Å²) in [5.41, 5.74) is 1.42. The van der Waals surface area contributed by atoms with Crippen molar-refractivity contribution in [1.29, 1.82) is 0 Å². The molecule has 1 saturated heterocycles. The zero-order valence-corrected chi connectivity index (χ0v) is 18.0. The standard InChI is InChI=1S/C21H16N4O4S2/c1-22-18-13(19(26)24-7-3-2-4-17(24)23-18)9-16-20(27)25(21(30)31-16)10-12-5-6-14-15(8-12)29-11-28-14/h2-9,22H,10-11H2,1H3. The van der Waals surface area contributed by atoms with Gasteiger partial charge >= 0.3 is 0 Å². The quantitative estimate of drug-likeness (QED) is 0.478. The fourth-order valence-corrected chi connectivity index (χ4v) is 4.65. The van der Waals surface area contributed by atoms with Crippen LogP contribution in [0.15, 0.2) is 52.3 Å². The Morgan fingerprint density at radius 1 is 1.23 bits per heavy atom. The van der Waals surface area contributed by atoms with Gasteiger partial charge in [0.1, 0.15) is 15.8 Å². The summed E-state index contributed by atoms with van der Waals surface area (Å²) in [6.07, 6.45) is 3.20. The molecule has 0 unspecified atom stereocenters. The molecular formula is C21H16N4O4S2. The van der Waals surface area contributed by atoms with Gasteiger partial charge in [-0.15, -0.1) is 0 Å². The number of pyridine rings is 1. The smallest absolute Gasteiger partial charge is 0.267 e. The fourth-order valence-electron chi connectivity index (χ4n) is 3.41. The van der Waals surface area contributed by atoms with Crippen LogP contribution in [0.1, 0.15) is 11.1 Å². The number of carbonyl (C=O) groups is 1. The zero-order valence-electron chi connectivity index (χ0n) is 16.3. The lowest BCUT2D eigenvalue weighted by atomic mass is 10.2. The van der Waals surface area contributed by atoms with Crippen LogP contribution in [0, 0.1) is 0 Å². The summed E-state index contributed by atoms with van der Waals surface area (Å²) in [6, 6.07) is 10.8. The molecule has 1 aromatic carbocycles. The van der Waals surface area contributed by atoms with E-state index in [0.717, 1.165) is 17.3 Å². The highest BCUT2D eigenvalue weighted by atomic mass is 32.2. The minimum atomic E-state index is -0.268. The highest BCUT2D eigenvalue weighted by Crippen LogP contribution is 2.36. The second-order valence-corrected chi connectivity index (χ2v) is 8.49. The molecule has 0 saturated carbocycles. The van der Waals surface area contributed by atoms with Crippen LogP contribution in [-0.4, -0.2) is 38.4 Å². The summed E-state index contributed by atoms with van der Waals surface area (Å²) < 4.78 is 12.6. The van der Waals surface area contributed by atoms with Crippen LogP contribution in [0.2, 0.25) is 0 Å². The second-order valence-electron chi connectivity index (χ2n) is 6.81. The maximum atomic E-state index is 13.1. The minimum absolute atomic E-state index is 0.186. The van der Waals surface area contributed by atoms with Crippen molar-refractivity contribution in [1.82, 2.24) is 14.3 Å². The van der Waals surface area contributed by atoms with E-state index in [1.54, 1.807) is 31.5 Å². The lowest BCUT2D eigenvalue weighted by Gasteiger charge is -2.14. The first-order valence-electron chi connectivity index (χ1n) is 9.38. The van der Waals surface area contributed by atoms with Crippen molar-refractivity contribution in [3.8, 4) is 11.5 Å². The number of aromatic nitrogens is 2. The molecule has 0 atom stereocenters. The second kappa shape index (κ2) is 7.71. The van der Waals surface area contributed by atoms with Crippen LogP contribution < -0.4 is 20.3 Å². The Morgan fingerprint density at radius 3 is 2.90 bits per heavy atom. The Morgan fingerprint density at radius 2 is 2.06 bits per heavy atom. The summed E-state index contributed by atoms with van der Waals surface area (Å²) in [5, 5.41) is 2.94. The van der Waals surface area contributed by atoms with Gasteiger partial charge in [-0.2, -0.15) is 0 Å². The van der Waals surface area contributed by atoms with Crippen molar-refractivity contribution in [3.05, 3.63) is 69.0 Å². The number of thioether (sulfide) groups is 1. The Balaban J connectivity index is 1.48. The van der Waals surface area contributed by atoms with Gasteiger partial charge in [-0.3, -0.25) is 18.9 Å². The Labute approximate surface area is 186 Å². The van der Waals surface area contributed by atoms with E-state index >= 15 is 0 Å². The summed E-state index contributed by atoms with van der Waals surface area (Å²) in [4.78, 5) is 32.4. The zero-order chi connectivity index (χ0) is 21.5. The van der Waals surface area contributed by atoms with Crippen molar-refractivity contribution < 1.29 is 14.3 Å². The van der Waals surface area contributed by atoms with E-state index in [1.165, 1.54) is 9.30 Å². The third-order valence-corrected chi connectivity index (χ3v) is 6.31. The van der Waals surface area contributed by atoms with Gasteiger partial charge in [0.15, 0.2) is 11.5 Å². The predicted octanol–water partition coefficient (Wildman–Crippen LogP) is 2.87. The van der Waals surface area contributed by atoms with E-state index in [2.05, 4.69) is 10.3 Å². The molecule has 10 heteroatoms. The summed E-state index contributed by atoms with van der Waals surface area (Å²) in [5.74, 6) is 1.47. The monoisotopic (exact) mass is 452 g/mol. The Kier molecular flexibility index (Phi) is 4.87. The van der Waals surface area contributed by atoms with Gasteiger partial charge < -0.3 is 14.8 Å². The number of anilines is 1. The van der Waals surface area contributed by atoms with Crippen LogP contribution >= 0.6 is 24.0 Å². The molecule has 2 aromatic heterocycles. The van der Waals surface area contributed by atoms with Gasteiger partial charge in [0.2, 0.25) is 6.79 Å². The molecule has 2 aliphatic heterocycles. The number of nitrogens with zero attached hydrogens (tertiary/aromatic N) is 3. The number of carbonyl (C=O) groups excluding carboxylic acids is 1. The van der Waals surface area contributed by atoms with E-state index in [-0.39, 0.29) is 18.3 Å². The van der Waals surface area contributed by atoms with Gasteiger partial charge in [0, 0.05) is 13.2 Å². The highest BCUT2D eigenvalue weighted by Gasteiger charge is 2.33. The molecule has 0 bridgehead atoms. The van der Waals surface area contributed by atoms with Crippen LogP contribution in [0.4, 0.5) is 5.82 Å². The molecule has 4 heterocycles. The topological polar surface area (TPSA) is 85.2 Å². The molecule has 3 aromatic rings. The number of thiocarbonyl (C=S) groups is 1. The minimum Gasteiger partial charge on any atom is -0.454 e. The van der Waals surface area contributed by atoms with Crippen LogP contribution in [0.3, 0.4) is 0 Å². The number of benzene rings is 1. The maximum Gasteiger partial charge on any atom is 0.267 e. The van der Waals surface area contributed by atoms with Crippen LogP contribution in [0.25, 0.3) is 11.7 Å². The van der Waals surface area contributed by atoms with Crippen molar-refractivity contribution in [3.63, 3.8) is 0 Å². The van der Waals surface area contributed by atoms with E-state index in [0.29, 0.717) is 44.3 Å². The molecule has 1 N–H and O–H groups in total. The van der Waals surface area contributed by atoms with E-state index in [4.69, 9.17) is 21.7 Å². The summed E-state index contributed by atoms with van der Waals surface area (Å²) in [7, 11) is 1.68. The fraction of sp³-hybridized carbons (Fsp3) is 0.143. The number of hydrogen-bond donors (Lipinski definition) is 1. The Hall–Kier alpha value is -3.37. The van der Waals surface area contributed by atoms with Crippen molar-refractivity contribution in [2.24, 2.45) is 0 Å². The number of rotatable bonds is 4. The van der Waals surface area contributed by atoms with Crippen LogP contribution in [0.5, 0.6) is 11.5 Å². The number of fused-ring (bicyclic) bond motifs is 2. The van der Waals surface area contributed by atoms with Crippen molar-refractivity contribution in [2.75, 3.05) is 19.2 Å². The number of ether oxygens (including phenoxy) is 2. The molecule has 8 nitrogen and oxygen atoms in total. The molecule has 0 spiro atoms. The normalized spacial score (nSPS) is 16.5. The molecule has 0 radical (unpaired) electrons. The van der Waals surface area contributed by atoms with E-state index in [1.807, 2.05) is 24.3 Å². The largest absolute Gasteiger partial charge is 0.454 e. The van der Waals surface area contributed by atoms with Gasteiger partial charge in [-0.25, -0.2) is 4.98 Å². The predicted molar refractivity (Wildman–Crippen MR) is 122 cm³/mol. The first-order chi connectivity index (χ1) is 15.0. The summed E-state index contributed by atoms with van der Waals surface area (Å²) >= 11 is 6.60. The van der Waals surface area contributed by atoms with Crippen molar-refractivity contribution >= 4 is 51.7 Å². The number of amides is 1. The highest BCUT2D eigenvalue weighted by molar-refractivity contribution is 8.26. The van der Waals surface area contributed by atoms with Crippen LogP contribution in [-0.2, 0) is 11.3 Å².